The molecular weight excluding hydrogens is 312 g/mol. The quantitative estimate of drug-likeness (QED) is 0.373. The highest BCUT2D eigenvalue weighted by Crippen LogP contribution is 1.99. The van der Waals surface area contributed by atoms with Crippen LogP contribution in [0.5, 0.6) is 0 Å². The zero-order valence-electron chi connectivity index (χ0n) is 13.5. The molecule has 0 aliphatic rings. The van der Waals surface area contributed by atoms with Crippen LogP contribution in [-0.4, -0.2) is 42.8 Å². The second-order valence-electron chi connectivity index (χ2n) is 5.15. The third-order valence-electron chi connectivity index (χ3n) is 3.04. The van der Waals surface area contributed by atoms with Gasteiger partial charge in [0.25, 0.3) is 0 Å². The summed E-state index contributed by atoms with van der Waals surface area (Å²) in [7, 11) is 0. The van der Waals surface area contributed by atoms with Crippen LogP contribution in [0.1, 0.15) is 18.9 Å². The highest BCUT2D eigenvalue weighted by molar-refractivity contribution is 5.92. The molecule has 0 saturated carbocycles. The van der Waals surface area contributed by atoms with E-state index in [-0.39, 0.29) is 13.0 Å². The van der Waals surface area contributed by atoms with Gasteiger partial charge < -0.3 is 26.5 Å². The Hall–Kier alpha value is -2.90. The van der Waals surface area contributed by atoms with Crippen LogP contribution in [0.4, 0.5) is 0 Å². The molecule has 0 aliphatic heterocycles. The maximum atomic E-state index is 11.9. The second kappa shape index (κ2) is 9.98. The summed E-state index contributed by atoms with van der Waals surface area (Å²) < 4.78 is 0. The van der Waals surface area contributed by atoms with E-state index in [0.29, 0.717) is 13.0 Å². The minimum atomic E-state index is -1.10. The van der Waals surface area contributed by atoms with E-state index in [9.17, 15) is 19.5 Å². The van der Waals surface area contributed by atoms with Gasteiger partial charge in [-0.2, -0.15) is 0 Å². The van der Waals surface area contributed by atoms with Crippen molar-refractivity contribution in [1.29, 1.82) is 0 Å². The predicted octanol–water partition coefficient (Wildman–Crippen LogP) is -1.52. The monoisotopic (exact) mass is 333 g/mol. The van der Waals surface area contributed by atoms with Crippen LogP contribution < -0.4 is 21.5 Å². The molecule has 1 rings (SSSR count). The fourth-order valence-corrected chi connectivity index (χ4v) is 1.95. The van der Waals surface area contributed by atoms with E-state index in [1.807, 2.05) is 30.3 Å². The predicted molar refractivity (Wildman–Crippen MR) is 86.9 cm³/mol. The Morgan fingerprint density at radius 3 is 2.50 bits per heavy atom. The van der Waals surface area contributed by atoms with E-state index in [4.69, 9.17) is 5.73 Å². The first kappa shape index (κ1) is 19.1. The van der Waals surface area contributed by atoms with Gasteiger partial charge in [0.05, 0.1) is 6.42 Å². The SMILES string of the molecule is CC(=O)N[C@@H](CC(N)=O)C(=O)NCC([O-])=NCCc1ccccc1. The molecule has 0 spiro atoms. The number of primary amides is 1. The Balaban J connectivity index is 2.43. The van der Waals surface area contributed by atoms with Crippen molar-refractivity contribution < 1.29 is 19.5 Å². The van der Waals surface area contributed by atoms with Gasteiger partial charge in [0.1, 0.15) is 6.04 Å². The van der Waals surface area contributed by atoms with Gasteiger partial charge in [-0.15, -0.1) is 0 Å². The first-order valence-corrected chi connectivity index (χ1v) is 7.46. The van der Waals surface area contributed by atoms with E-state index in [2.05, 4.69) is 15.6 Å². The number of carbonyl (C=O) groups is 3. The first-order chi connectivity index (χ1) is 11.4. The number of carbonyl (C=O) groups excluding carboxylic acids is 3. The standard InChI is InChI=1S/C16H22N4O4/c1-11(21)20-13(9-14(17)22)16(24)19-10-15(23)18-8-7-12-5-3-2-4-6-12/h2-6,13H,7-10H2,1H3,(H2,17,22)(H,18,23)(H,19,24)(H,20,21)/p-1/t13-/m0/s1. The van der Waals surface area contributed by atoms with Crippen molar-refractivity contribution in [2.45, 2.75) is 25.8 Å². The van der Waals surface area contributed by atoms with Crippen LogP contribution in [0, 0.1) is 0 Å². The molecule has 3 amide bonds. The average Bonchev–Trinajstić information content (AvgIpc) is 2.52. The number of nitrogens with two attached hydrogens (primary N) is 1. The number of nitrogens with one attached hydrogen (secondary N) is 2. The summed E-state index contributed by atoms with van der Waals surface area (Å²) in [6.45, 7) is 1.23. The van der Waals surface area contributed by atoms with Gasteiger partial charge in [-0.25, -0.2) is 0 Å². The van der Waals surface area contributed by atoms with Gasteiger partial charge in [0, 0.05) is 20.0 Å². The summed E-state index contributed by atoms with van der Waals surface area (Å²) in [5, 5.41) is 16.3. The van der Waals surface area contributed by atoms with Gasteiger partial charge in [-0.05, 0) is 17.9 Å². The third-order valence-corrected chi connectivity index (χ3v) is 3.04. The van der Waals surface area contributed by atoms with Gasteiger partial charge in [-0.1, -0.05) is 30.3 Å². The molecule has 130 valence electrons. The number of hydrogen-bond acceptors (Lipinski definition) is 5. The Labute approximate surface area is 140 Å². The fraction of sp³-hybridized carbons (Fsp3) is 0.375. The minimum Gasteiger partial charge on any atom is -0.861 e. The van der Waals surface area contributed by atoms with Crippen LogP contribution in [0.15, 0.2) is 35.3 Å². The van der Waals surface area contributed by atoms with E-state index in [1.54, 1.807) is 0 Å². The Morgan fingerprint density at radius 1 is 1.25 bits per heavy atom. The molecular formula is C16H21N4O4-. The number of rotatable bonds is 9. The molecule has 8 nitrogen and oxygen atoms in total. The summed E-state index contributed by atoms with van der Waals surface area (Å²) in [5.41, 5.74) is 6.09. The van der Waals surface area contributed by atoms with Gasteiger partial charge in [0.2, 0.25) is 17.7 Å². The molecule has 0 radical (unpaired) electrons. The van der Waals surface area contributed by atoms with E-state index in [0.717, 1.165) is 5.56 Å². The summed E-state index contributed by atoms with van der Waals surface area (Å²) in [5.74, 6) is -2.35. The molecule has 8 heteroatoms. The molecule has 0 heterocycles. The molecule has 0 aromatic heterocycles. The second-order valence-corrected chi connectivity index (χ2v) is 5.15. The van der Waals surface area contributed by atoms with Gasteiger partial charge >= 0.3 is 0 Å². The largest absolute Gasteiger partial charge is 0.861 e. The topological polar surface area (TPSA) is 137 Å². The molecule has 1 aromatic carbocycles. The minimum absolute atomic E-state index is 0.303. The zero-order chi connectivity index (χ0) is 17.9. The normalized spacial score (nSPS) is 12.3. The molecule has 0 fully saturated rings. The van der Waals surface area contributed by atoms with Crippen LogP contribution in [0.3, 0.4) is 0 Å². The van der Waals surface area contributed by atoms with Crippen LogP contribution in [-0.2, 0) is 20.8 Å². The first-order valence-electron chi connectivity index (χ1n) is 7.46. The van der Waals surface area contributed by atoms with E-state index < -0.39 is 29.7 Å². The van der Waals surface area contributed by atoms with Crippen LogP contribution in [0.25, 0.3) is 0 Å². The molecule has 4 N–H and O–H groups in total. The van der Waals surface area contributed by atoms with E-state index in [1.165, 1.54) is 6.92 Å². The van der Waals surface area contributed by atoms with Crippen molar-refractivity contribution in [3.63, 3.8) is 0 Å². The van der Waals surface area contributed by atoms with Crippen molar-refractivity contribution in [2.24, 2.45) is 10.7 Å². The molecule has 24 heavy (non-hydrogen) atoms. The number of hydrogen-bond donors (Lipinski definition) is 3. The summed E-state index contributed by atoms with van der Waals surface area (Å²) in [6.07, 6.45) is 0.279. The van der Waals surface area contributed by atoms with Crippen molar-refractivity contribution in [1.82, 2.24) is 10.6 Å². The lowest BCUT2D eigenvalue weighted by molar-refractivity contribution is -0.217. The van der Waals surface area contributed by atoms with Crippen molar-refractivity contribution in [2.75, 3.05) is 13.1 Å². The third kappa shape index (κ3) is 7.92. The van der Waals surface area contributed by atoms with E-state index >= 15 is 0 Å². The lowest BCUT2D eigenvalue weighted by Gasteiger charge is -2.18. The van der Waals surface area contributed by atoms with Crippen LogP contribution in [0.2, 0.25) is 0 Å². The van der Waals surface area contributed by atoms with Gasteiger partial charge in [-0.3, -0.25) is 14.4 Å². The lowest BCUT2D eigenvalue weighted by Crippen LogP contribution is -2.50. The Morgan fingerprint density at radius 2 is 1.92 bits per heavy atom. The lowest BCUT2D eigenvalue weighted by atomic mass is 10.1. The van der Waals surface area contributed by atoms with Crippen molar-refractivity contribution >= 4 is 23.6 Å². The smallest absolute Gasteiger partial charge is 0.243 e. The van der Waals surface area contributed by atoms with Gasteiger partial charge in [0.15, 0.2) is 0 Å². The summed E-state index contributed by atoms with van der Waals surface area (Å²) >= 11 is 0. The Kier molecular flexibility index (Phi) is 7.97. The van der Waals surface area contributed by atoms with Crippen LogP contribution >= 0.6 is 0 Å². The molecule has 1 atom stereocenters. The Bertz CT molecular complexity index is 585. The number of aliphatic imine (C=N–C) groups is 1. The number of amides is 3. The molecule has 1 aromatic rings. The number of nitrogens with zero attached hydrogens (tertiary/aromatic N) is 1. The maximum Gasteiger partial charge on any atom is 0.243 e. The highest BCUT2D eigenvalue weighted by atomic mass is 16.3. The molecule has 0 aliphatic carbocycles. The summed E-state index contributed by atoms with van der Waals surface area (Å²) in [6, 6.07) is 8.47. The molecule has 0 saturated heterocycles. The fourth-order valence-electron chi connectivity index (χ4n) is 1.95. The number of benzene rings is 1. The molecule has 0 bridgehead atoms. The average molecular weight is 333 g/mol. The van der Waals surface area contributed by atoms with Crippen molar-refractivity contribution in [3.05, 3.63) is 35.9 Å². The highest BCUT2D eigenvalue weighted by Gasteiger charge is 2.21. The zero-order valence-corrected chi connectivity index (χ0v) is 13.5. The summed E-state index contributed by atoms with van der Waals surface area (Å²) in [4.78, 5) is 37.7. The maximum absolute atomic E-state index is 11.9. The molecule has 0 unspecified atom stereocenters. The van der Waals surface area contributed by atoms with Crippen molar-refractivity contribution in [3.8, 4) is 0 Å².